The Kier molecular flexibility index (Phi) is 9.24. The van der Waals surface area contributed by atoms with Crippen molar-refractivity contribution in [3.63, 3.8) is 0 Å². The van der Waals surface area contributed by atoms with Crippen molar-refractivity contribution in [2.75, 3.05) is 39.4 Å². The molecule has 152 valence electrons. The smallest absolute Gasteiger partial charge is 0.227 e. The third-order valence-electron chi connectivity index (χ3n) is 5.30. The zero-order valence-electron chi connectivity index (χ0n) is 15.4. The fraction of sp³-hybridized carbons (Fsp3) is 0.944. The maximum absolute atomic E-state index is 12.9. The summed E-state index contributed by atoms with van der Waals surface area (Å²) in [5.74, 6) is -0.100. The van der Waals surface area contributed by atoms with E-state index >= 15 is 0 Å². The molecule has 0 aromatic rings. The van der Waals surface area contributed by atoms with Crippen LogP contribution in [0.4, 0.5) is 0 Å². The highest BCUT2D eigenvalue weighted by Gasteiger charge is 2.35. The van der Waals surface area contributed by atoms with E-state index in [4.69, 9.17) is 4.74 Å². The van der Waals surface area contributed by atoms with Crippen LogP contribution in [0.3, 0.4) is 0 Å². The molecule has 2 saturated heterocycles. The van der Waals surface area contributed by atoms with Crippen LogP contribution in [0.2, 0.25) is 0 Å². The molecule has 2 fully saturated rings. The zero-order valence-corrected chi connectivity index (χ0v) is 15.4. The average molecular weight is 374 g/mol. The van der Waals surface area contributed by atoms with E-state index in [0.29, 0.717) is 19.7 Å². The number of piperidine rings is 1. The van der Waals surface area contributed by atoms with E-state index in [2.05, 4.69) is 5.32 Å². The predicted molar refractivity (Wildman–Crippen MR) is 95.5 cm³/mol. The van der Waals surface area contributed by atoms with Crippen LogP contribution in [0.1, 0.15) is 38.5 Å². The number of carbonyl (C=O) groups excluding carboxylic acids is 1. The van der Waals surface area contributed by atoms with Crippen molar-refractivity contribution in [1.29, 1.82) is 0 Å². The Morgan fingerprint density at radius 2 is 1.96 bits per heavy atom. The first-order valence-corrected chi connectivity index (χ1v) is 9.80. The van der Waals surface area contributed by atoms with Gasteiger partial charge in [0.1, 0.15) is 24.4 Å². The van der Waals surface area contributed by atoms with Crippen molar-refractivity contribution >= 4 is 5.91 Å². The Labute approximate surface area is 155 Å². The summed E-state index contributed by atoms with van der Waals surface area (Å²) in [6.07, 6.45) is 0.268. The molecule has 2 aliphatic rings. The Bertz CT molecular complexity index is 418. The number of hydrogen-bond acceptors (Lipinski definition) is 7. The Balaban J connectivity index is 2.07. The highest BCUT2D eigenvalue weighted by molar-refractivity contribution is 5.79. The van der Waals surface area contributed by atoms with Gasteiger partial charge in [0.15, 0.2) is 0 Å². The number of nitrogens with zero attached hydrogens (tertiary/aromatic N) is 1. The van der Waals surface area contributed by atoms with Gasteiger partial charge >= 0.3 is 0 Å². The molecule has 2 heterocycles. The van der Waals surface area contributed by atoms with Crippen LogP contribution < -0.4 is 5.32 Å². The third kappa shape index (κ3) is 6.14. The number of amides is 1. The molecule has 0 unspecified atom stereocenters. The molecule has 5 atom stereocenters. The van der Waals surface area contributed by atoms with Gasteiger partial charge < -0.3 is 35.4 Å². The first-order valence-electron chi connectivity index (χ1n) is 9.80. The number of carbonyl (C=O) groups is 1. The second kappa shape index (κ2) is 11.2. The summed E-state index contributed by atoms with van der Waals surface area (Å²) < 4.78 is 5.53. The van der Waals surface area contributed by atoms with Crippen molar-refractivity contribution in [2.24, 2.45) is 5.92 Å². The molecule has 26 heavy (non-hydrogen) atoms. The number of nitrogens with one attached hydrogen (secondary N) is 1. The first-order chi connectivity index (χ1) is 12.5. The second-order valence-electron chi connectivity index (χ2n) is 7.39. The molecule has 1 amide bonds. The maximum atomic E-state index is 12.9. The lowest BCUT2D eigenvalue weighted by Crippen LogP contribution is -2.53. The van der Waals surface area contributed by atoms with Crippen molar-refractivity contribution in [2.45, 2.75) is 62.9 Å². The molecule has 2 rings (SSSR count). The molecule has 2 aliphatic heterocycles. The molecule has 8 heteroatoms. The lowest BCUT2D eigenvalue weighted by Gasteiger charge is -2.35. The van der Waals surface area contributed by atoms with E-state index in [-0.39, 0.29) is 18.4 Å². The number of rotatable bonds is 3. The zero-order chi connectivity index (χ0) is 18.9. The van der Waals surface area contributed by atoms with E-state index in [1.807, 2.05) is 0 Å². The summed E-state index contributed by atoms with van der Waals surface area (Å²) in [4.78, 5) is 14.5. The number of aliphatic hydroxyl groups excluding tert-OH is 4. The van der Waals surface area contributed by atoms with Crippen LogP contribution in [0.25, 0.3) is 0 Å². The topological polar surface area (TPSA) is 122 Å². The van der Waals surface area contributed by atoms with Gasteiger partial charge in [0.25, 0.3) is 0 Å². The number of β-amino-alcohol motifs (C(OH)–C–C–N with tert-alkyl or cyclic N) is 1. The summed E-state index contributed by atoms with van der Waals surface area (Å²) in [7, 11) is 0. The van der Waals surface area contributed by atoms with Gasteiger partial charge in [-0.1, -0.05) is 12.8 Å². The fourth-order valence-electron chi connectivity index (χ4n) is 3.68. The van der Waals surface area contributed by atoms with Crippen LogP contribution >= 0.6 is 0 Å². The molecule has 0 bridgehead atoms. The molecule has 8 nitrogen and oxygen atoms in total. The van der Waals surface area contributed by atoms with Gasteiger partial charge in [-0.25, -0.2) is 0 Å². The van der Waals surface area contributed by atoms with Gasteiger partial charge in [0.05, 0.1) is 12.5 Å². The van der Waals surface area contributed by atoms with Gasteiger partial charge in [-0.05, 0) is 32.2 Å². The Hall–Kier alpha value is -0.770. The van der Waals surface area contributed by atoms with Crippen molar-refractivity contribution in [1.82, 2.24) is 10.2 Å². The van der Waals surface area contributed by atoms with Gasteiger partial charge in [-0.2, -0.15) is 0 Å². The van der Waals surface area contributed by atoms with Crippen LogP contribution in [0.5, 0.6) is 0 Å². The SMILES string of the molecule is O=C([C@@H]1CCCNC1)N1CCCCCCO[C@H]([C@H](O)CO)[C@H](O)[C@@H](O)C1. The minimum absolute atomic E-state index is 0.000634. The summed E-state index contributed by atoms with van der Waals surface area (Å²) in [6, 6.07) is 0. The third-order valence-corrected chi connectivity index (χ3v) is 5.30. The molecule has 5 N–H and O–H groups in total. The highest BCUT2D eigenvalue weighted by Crippen LogP contribution is 2.18. The average Bonchev–Trinajstić information content (AvgIpc) is 2.67. The van der Waals surface area contributed by atoms with Crippen LogP contribution in [-0.4, -0.2) is 95.0 Å². The molecule has 0 aromatic heterocycles. The van der Waals surface area contributed by atoms with Gasteiger partial charge in [-0.3, -0.25) is 4.79 Å². The monoisotopic (exact) mass is 374 g/mol. The van der Waals surface area contributed by atoms with Gasteiger partial charge in [0.2, 0.25) is 5.91 Å². The first kappa shape index (κ1) is 21.5. The molecule has 0 aliphatic carbocycles. The quantitative estimate of drug-likeness (QED) is 0.423. The van der Waals surface area contributed by atoms with E-state index in [9.17, 15) is 25.2 Å². The Morgan fingerprint density at radius 3 is 2.65 bits per heavy atom. The minimum Gasteiger partial charge on any atom is -0.394 e. The predicted octanol–water partition coefficient (Wildman–Crippen LogP) is -1.15. The van der Waals surface area contributed by atoms with E-state index in [1.165, 1.54) is 0 Å². The van der Waals surface area contributed by atoms with E-state index < -0.39 is 31.0 Å². The Morgan fingerprint density at radius 1 is 1.19 bits per heavy atom. The normalized spacial score (nSPS) is 33.8. The standard InChI is InChI=1S/C18H34N2O6/c21-12-15(23)17-16(24)14(22)11-20(8-3-1-2-4-9-26-17)18(25)13-6-5-7-19-10-13/h13-17,19,21-24H,1-12H2/t13-,14+,15-,16-,17-/m1/s1. The van der Waals surface area contributed by atoms with Crippen LogP contribution in [-0.2, 0) is 9.53 Å². The van der Waals surface area contributed by atoms with Gasteiger partial charge in [-0.15, -0.1) is 0 Å². The lowest BCUT2D eigenvalue weighted by molar-refractivity contribution is -0.154. The van der Waals surface area contributed by atoms with Crippen LogP contribution in [0, 0.1) is 5.92 Å². The van der Waals surface area contributed by atoms with Crippen molar-refractivity contribution in [3.8, 4) is 0 Å². The van der Waals surface area contributed by atoms with Crippen molar-refractivity contribution in [3.05, 3.63) is 0 Å². The number of hydrogen-bond donors (Lipinski definition) is 5. The second-order valence-corrected chi connectivity index (χ2v) is 7.39. The summed E-state index contributed by atoms with van der Waals surface area (Å²) >= 11 is 0. The molecular formula is C18H34N2O6. The van der Waals surface area contributed by atoms with E-state index in [1.54, 1.807) is 4.90 Å². The molecule has 0 saturated carbocycles. The lowest BCUT2D eigenvalue weighted by atomic mass is 9.96. The largest absolute Gasteiger partial charge is 0.394 e. The molecule has 0 radical (unpaired) electrons. The highest BCUT2D eigenvalue weighted by atomic mass is 16.5. The molecule has 0 aromatic carbocycles. The maximum Gasteiger partial charge on any atom is 0.227 e. The molecule has 0 spiro atoms. The van der Waals surface area contributed by atoms with Gasteiger partial charge in [0, 0.05) is 26.2 Å². The number of aliphatic hydroxyl groups is 4. The fourth-order valence-corrected chi connectivity index (χ4v) is 3.68. The van der Waals surface area contributed by atoms with Crippen molar-refractivity contribution < 1.29 is 30.0 Å². The number of ether oxygens (including phenoxy) is 1. The summed E-state index contributed by atoms with van der Waals surface area (Å²) in [5.41, 5.74) is 0. The van der Waals surface area contributed by atoms with Crippen LogP contribution in [0.15, 0.2) is 0 Å². The minimum atomic E-state index is -1.38. The molecular weight excluding hydrogens is 340 g/mol. The summed E-state index contributed by atoms with van der Waals surface area (Å²) in [6.45, 7) is 1.89. The summed E-state index contributed by atoms with van der Waals surface area (Å²) in [5, 5.41) is 43.2. The van der Waals surface area contributed by atoms with E-state index in [0.717, 1.165) is 45.1 Å².